The molecule has 5 heteroatoms. The van der Waals surface area contributed by atoms with Crippen molar-refractivity contribution >= 4 is 29.1 Å². The Labute approximate surface area is 105 Å². The Hall–Kier alpha value is -1.36. The third-order valence-electron chi connectivity index (χ3n) is 2.44. The molecule has 0 bridgehead atoms. The van der Waals surface area contributed by atoms with Gasteiger partial charge in [-0.05, 0) is 12.1 Å². The van der Waals surface area contributed by atoms with Crippen LogP contribution in [0.3, 0.4) is 0 Å². The molecule has 0 aromatic heterocycles. The zero-order chi connectivity index (χ0) is 12.5. The average molecular weight is 252 g/mol. The van der Waals surface area contributed by atoms with Crippen LogP contribution in [0.1, 0.15) is 20.3 Å². The number of rotatable bonds is 4. The van der Waals surface area contributed by atoms with Crippen LogP contribution in [0.4, 0.5) is 11.4 Å². The lowest BCUT2D eigenvalue weighted by Gasteiger charge is -2.30. The van der Waals surface area contributed by atoms with E-state index in [1.54, 1.807) is 11.8 Å². The van der Waals surface area contributed by atoms with E-state index in [-0.39, 0.29) is 6.42 Å². The molecule has 0 aliphatic carbocycles. The highest BCUT2D eigenvalue weighted by Crippen LogP contribution is 2.42. The molecule has 0 radical (unpaired) electrons. The van der Waals surface area contributed by atoms with Gasteiger partial charge in [0.05, 0.1) is 17.8 Å². The molecule has 4 nitrogen and oxygen atoms in total. The maximum absolute atomic E-state index is 11.0. The van der Waals surface area contributed by atoms with Crippen molar-refractivity contribution in [2.75, 3.05) is 10.6 Å². The van der Waals surface area contributed by atoms with Gasteiger partial charge in [0.25, 0.3) is 0 Å². The van der Waals surface area contributed by atoms with Gasteiger partial charge in [-0.1, -0.05) is 26.0 Å². The number of thioether (sulfide) groups is 1. The van der Waals surface area contributed by atoms with Crippen molar-refractivity contribution < 1.29 is 9.90 Å². The van der Waals surface area contributed by atoms with Gasteiger partial charge in [-0.3, -0.25) is 4.79 Å². The summed E-state index contributed by atoms with van der Waals surface area (Å²) in [7, 11) is 0. The number of aliphatic carboxylic acids is 1. The molecule has 17 heavy (non-hydrogen) atoms. The van der Waals surface area contributed by atoms with Crippen LogP contribution in [0.15, 0.2) is 24.3 Å². The van der Waals surface area contributed by atoms with Gasteiger partial charge < -0.3 is 15.7 Å². The van der Waals surface area contributed by atoms with E-state index in [4.69, 9.17) is 5.11 Å². The van der Waals surface area contributed by atoms with Crippen molar-refractivity contribution in [3.63, 3.8) is 0 Å². The highest BCUT2D eigenvalue weighted by atomic mass is 32.2. The fourth-order valence-electron chi connectivity index (χ4n) is 1.97. The maximum Gasteiger partial charge on any atom is 0.308 e. The van der Waals surface area contributed by atoms with Crippen molar-refractivity contribution in [2.45, 2.75) is 30.5 Å². The summed E-state index contributed by atoms with van der Waals surface area (Å²) >= 11 is 1.59. The van der Waals surface area contributed by atoms with E-state index < -0.39 is 11.0 Å². The van der Waals surface area contributed by atoms with Crippen LogP contribution in [0.25, 0.3) is 0 Å². The van der Waals surface area contributed by atoms with Gasteiger partial charge in [0.15, 0.2) is 4.99 Å². The second-order valence-corrected chi connectivity index (χ2v) is 6.24. The minimum atomic E-state index is -0.814. The summed E-state index contributed by atoms with van der Waals surface area (Å²) < 4.78 is 0. The van der Waals surface area contributed by atoms with Crippen LogP contribution in [-0.2, 0) is 4.79 Å². The standard InChI is InChI=1S/C12H16N2O2S/c1-8(2)17-12(7-11(15)16)13-9-5-3-4-6-10(9)14-12/h3-6,8,13-14H,7H2,1-2H3,(H,15,16). The first-order valence-corrected chi connectivity index (χ1v) is 6.44. The van der Waals surface area contributed by atoms with Crippen LogP contribution < -0.4 is 10.6 Å². The first-order chi connectivity index (χ1) is 8.01. The molecule has 0 spiro atoms. The van der Waals surface area contributed by atoms with Gasteiger partial charge in [-0.2, -0.15) is 0 Å². The molecule has 0 atom stereocenters. The molecular weight excluding hydrogens is 236 g/mol. The third-order valence-corrected chi connectivity index (χ3v) is 3.66. The molecule has 1 aliphatic rings. The maximum atomic E-state index is 11.0. The second kappa shape index (κ2) is 4.49. The monoisotopic (exact) mass is 252 g/mol. The predicted molar refractivity (Wildman–Crippen MR) is 71.4 cm³/mol. The van der Waals surface area contributed by atoms with E-state index in [9.17, 15) is 4.79 Å². The molecule has 3 N–H and O–H groups in total. The van der Waals surface area contributed by atoms with E-state index in [0.29, 0.717) is 5.25 Å². The van der Waals surface area contributed by atoms with Crippen molar-refractivity contribution in [1.29, 1.82) is 0 Å². The molecule has 2 rings (SSSR count). The van der Waals surface area contributed by atoms with E-state index in [2.05, 4.69) is 24.5 Å². The number of nitrogens with one attached hydrogen (secondary N) is 2. The Bertz CT molecular complexity index is 409. The molecule has 0 saturated carbocycles. The fraction of sp³-hybridized carbons (Fsp3) is 0.417. The summed E-state index contributed by atoms with van der Waals surface area (Å²) in [6.45, 7) is 4.11. The number of para-hydroxylation sites is 2. The number of carboxylic acid groups (broad SMARTS) is 1. The average Bonchev–Trinajstić information content (AvgIpc) is 2.52. The molecule has 1 heterocycles. The van der Waals surface area contributed by atoms with E-state index in [1.165, 1.54) is 0 Å². The molecule has 1 aliphatic heterocycles. The lowest BCUT2D eigenvalue weighted by atomic mass is 10.3. The largest absolute Gasteiger partial charge is 0.481 e. The zero-order valence-corrected chi connectivity index (χ0v) is 10.7. The van der Waals surface area contributed by atoms with Crippen molar-refractivity contribution in [1.82, 2.24) is 0 Å². The number of hydrogen-bond acceptors (Lipinski definition) is 4. The van der Waals surface area contributed by atoms with Gasteiger partial charge in [-0.25, -0.2) is 0 Å². The second-order valence-electron chi connectivity index (χ2n) is 4.36. The number of benzene rings is 1. The summed E-state index contributed by atoms with van der Waals surface area (Å²) in [5, 5.41) is 15.9. The van der Waals surface area contributed by atoms with Gasteiger partial charge in [0.1, 0.15) is 0 Å². The Morgan fingerprint density at radius 2 is 1.88 bits per heavy atom. The Kier molecular flexibility index (Phi) is 3.19. The smallest absolute Gasteiger partial charge is 0.308 e. The van der Waals surface area contributed by atoms with E-state index >= 15 is 0 Å². The third kappa shape index (κ3) is 2.66. The molecule has 0 saturated heterocycles. The molecule has 92 valence electrons. The van der Waals surface area contributed by atoms with Crippen LogP contribution >= 0.6 is 11.8 Å². The number of anilines is 2. The Morgan fingerprint density at radius 1 is 1.35 bits per heavy atom. The zero-order valence-electron chi connectivity index (χ0n) is 9.86. The summed E-state index contributed by atoms with van der Waals surface area (Å²) in [4.78, 5) is 10.4. The number of carboxylic acids is 1. The van der Waals surface area contributed by atoms with Crippen LogP contribution in [0.5, 0.6) is 0 Å². The lowest BCUT2D eigenvalue weighted by molar-refractivity contribution is -0.137. The minimum absolute atomic E-state index is 0.0323. The van der Waals surface area contributed by atoms with Crippen LogP contribution in [0, 0.1) is 0 Å². The van der Waals surface area contributed by atoms with Gasteiger partial charge in [0.2, 0.25) is 0 Å². The van der Waals surface area contributed by atoms with E-state index in [1.807, 2.05) is 24.3 Å². The van der Waals surface area contributed by atoms with Crippen molar-refractivity contribution in [3.05, 3.63) is 24.3 Å². The lowest BCUT2D eigenvalue weighted by Crippen LogP contribution is -2.41. The molecule has 1 aromatic rings. The topological polar surface area (TPSA) is 61.4 Å². The van der Waals surface area contributed by atoms with Gasteiger partial charge in [-0.15, -0.1) is 11.8 Å². The highest BCUT2D eigenvalue weighted by Gasteiger charge is 2.39. The normalized spacial score (nSPS) is 16.2. The minimum Gasteiger partial charge on any atom is -0.481 e. The van der Waals surface area contributed by atoms with E-state index in [0.717, 1.165) is 11.4 Å². The van der Waals surface area contributed by atoms with Gasteiger partial charge >= 0.3 is 5.97 Å². The van der Waals surface area contributed by atoms with Crippen LogP contribution in [0.2, 0.25) is 0 Å². The number of fused-ring (bicyclic) bond motifs is 1. The quantitative estimate of drug-likeness (QED) is 0.769. The van der Waals surface area contributed by atoms with Gasteiger partial charge in [0, 0.05) is 5.25 Å². The first kappa shape index (κ1) is 12.1. The Balaban J connectivity index is 2.24. The summed E-state index contributed by atoms with van der Waals surface area (Å²) in [6.07, 6.45) is 0.0323. The number of carbonyl (C=O) groups is 1. The van der Waals surface area contributed by atoms with Crippen molar-refractivity contribution in [2.24, 2.45) is 0 Å². The van der Waals surface area contributed by atoms with Crippen LogP contribution in [-0.4, -0.2) is 21.3 Å². The molecule has 1 aromatic carbocycles. The number of hydrogen-bond donors (Lipinski definition) is 3. The summed E-state index contributed by atoms with van der Waals surface area (Å²) in [6, 6.07) is 7.77. The molecule has 0 unspecified atom stereocenters. The summed E-state index contributed by atoms with van der Waals surface area (Å²) in [5.41, 5.74) is 1.92. The predicted octanol–water partition coefficient (Wildman–Crippen LogP) is 2.79. The fourth-order valence-corrected chi connectivity index (χ4v) is 3.32. The molecule has 0 amide bonds. The first-order valence-electron chi connectivity index (χ1n) is 5.56. The highest BCUT2D eigenvalue weighted by molar-refractivity contribution is 8.01. The Morgan fingerprint density at radius 3 is 2.29 bits per heavy atom. The SMILES string of the molecule is CC(C)SC1(CC(=O)O)Nc2ccccc2N1. The molecule has 0 fully saturated rings. The molecular formula is C12H16N2O2S. The summed E-state index contributed by atoms with van der Waals surface area (Å²) in [5.74, 6) is -0.814. The van der Waals surface area contributed by atoms with Crippen molar-refractivity contribution in [3.8, 4) is 0 Å².